The second-order valence-electron chi connectivity index (χ2n) is 5.59. The first-order valence-corrected chi connectivity index (χ1v) is 7.74. The van der Waals surface area contributed by atoms with Crippen molar-refractivity contribution in [2.75, 3.05) is 19.7 Å². The zero-order valence-corrected chi connectivity index (χ0v) is 12.1. The first kappa shape index (κ1) is 15.2. The molecule has 3 heteroatoms. The van der Waals surface area contributed by atoms with E-state index in [0.29, 0.717) is 12.5 Å². The van der Waals surface area contributed by atoms with E-state index in [1.165, 1.54) is 19.3 Å². The summed E-state index contributed by atoms with van der Waals surface area (Å²) < 4.78 is 0. The fourth-order valence-electron chi connectivity index (χ4n) is 2.71. The summed E-state index contributed by atoms with van der Waals surface area (Å²) in [6, 6.07) is 10.2. The molecule has 1 saturated carbocycles. The van der Waals surface area contributed by atoms with Gasteiger partial charge in [-0.15, -0.1) is 0 Å². The maximum Gasteiger partial charge on any atom is 0.162 e. The molecule has 1 fully saturated rings. The Balaban J connectivity index is 1.73. The predicted octanol–water partition coefficient (Wildman–Crippen LogP) is 2.89. The number of benzene rings is 1. The Kier molecular flexibility index (Phi) is 6.22. The molecule has 1 aliphatic rings. The number of aliphatic hydroxyl groups is 1. The van der Waals surface area contributed by atoms with Crippen LogP contribution < -0.4 is 0 Å². The van der Waals surface area contributed by atoms with Gasteiger partial charge in [-0.25, -0.2) is 0 Å². The molecule has 0 aromatic heterocycles. The molecule has 1 aromatic rings. The molecule has 0 bridgehead atoms. The fraction of sp³-hybridized carbons (Fsp3) is 0.588. The quantitative estimate of drug-likeness (QED) is 0.704. The monoisotopic (exact) mass is 275 g/mol. The molecule has 20 heavy (non-hydrogen) atoms. The summed E-state index contributed by atoms with van der Waals surface area (Å²) in [5.74, 6) is 0.237. The van der Waals surface area contributed by atoms with E-state index in [0.717, 1.165) is 31.5 Å². The van der Waals surface area contributed by atoms with Crippen LogP contribution in [0, 0.1) is 0 Å². The molecule has 2 rings (SSSR count). The van der Waals surface area contributed by atoms with Gasteiger partial charge in [-0.2, -0.15) is 0 Å². The molecule has 0 atom stereocenters. The molecular formula is C17H25NO2. The molecule has 110 valence electrons. The van der Waals surface area contributed by atoms with Crippen molar-refractivity contribution >= 4 is 5.78 Å². The van der Waals surface area contributed by atoms with Crippen LogP contribution in [0.1, 0.15) is 48.9 Å². The lowest BCUT2D eigenvalue weighted by Crippen LogP contribution is -2.41. The molecule has 0 unspecified atom stereocenters. The standard InChI is InChI=1S/C17H25NO2/c19-14-6-13-18(16-9-4-10-16)12-5-11-17(20)15-7-2-1-3-8-15/h1-3,7-8,16,19H,4-6,9-14H2. The number of carbonyl (C=O) groups excluding carboxylic acids is 1. The van der Waals surface area contributed by atoms with E-state index < -0.39 is 0 Å². The molecule has 1 aromatic carbocycles. The van der Waals surface area contributed by atoms with Crippen molar-refractivity contribution in [2.24, 2.45) is 0 Å². The summed E-state index contributed by atoms with van der Waals surface area (Å²) in [6.45, 7) is 2.19. The van der Waals surface area contributed by atoms with Crippen molar-refractivity contribution in [3.8, 4) is 0 Å². The summed E-state index contributed by atoms with van der Waals surface area (Å²) in [5, 5.41) is 8.97. The number of rotatable bonds is 9. The minimum Gasteiger partial charge on any atom is -0.396 e. The zero-order valence-electron chi connectivity index (χ0n) is 12.1. The molecule has 1 aliphatic carbocycles. The zero-order chi connectivity index (χ0) is 14.2. The minimum absolute atomic E-state index is 0.237. The third-order valence-electron chi connectivity index (χ3n) is 4.14. The summed E-state index contributed by atoms with van der Waals surface area (Å²) in [6.07, 6.45) is 6.24. The minimum atomic E-state index is 0.237. The topological polar surface area (TPSA) is 40.5 Å². The number of hydrogen-bond donors (Lipinski definition) is 1. The molecule has 3 nitrogen and oxygen atoms in total. The lowest BCUT2D eigenvalue weighted by Gasteiger charge is -2.37. The largest absolute Gasteiger partial charge is 0.396 e. The Labute approximate surface area is 121 Å². The maximum atomic E-state index is 12.0. The second kappa shape index (κ2) is 8.18. The predicted molar refractivity (Wildman–Crippen MR) is 80.9 cm³/mol. The SMILES string of the molecule is O=C(CCCN(CCCO)C1CCC1)c1ccccc1. The van der Waals surface area contributed by atoms with Gasteiger partial charge in [0, 0.05) is 31.2 Å². The Bertz CT molecular complexity index is 401. The third-order valence-corrected chi connectivity index (χ3v) is 4.14. The maximum absolute atomic E-state index is 12.0. The van der Waals surface area contributed by atoms with E-state index in [2.05, 4.69) is 4.90 Å². The van der Waals surface area contributed by atoms with Gasteiger partial charge in [-0.05, 0) is 32.2 Å². The van der Waals surface area contributed by atoms with Crippen LogP contribution in [0.25, 0.3) is 0 Å². The summed E-state index contributed by atoms with van der Waals surface area (Å²) in [4.78, 5) is 14.5. The lowest BCUT2D eigenvalue weighted by molar-refractivity contribution is 0.0939. The summed E-state index contributed by atoms with van der Waals surface area (Å²) >= 11 is 0. The first-order valence-electron chi connectivity index (χ1n) is 7.74. The summed E-state index contributed by atoms with van der Waals surface area (Å²) in [7, 11) is 0. The molecule has 0 radical (unpaired) electrons. The van der Waals surface area contributed by atoms with E-state index in [1.54, 1.807) is 0 Å². The smallest absolute Gasteiger partial charge is 0.162 e. The molecule has 1 N–H and O–H groups in total. The van der Waals surface area contributed by atoms with Crippen LogP contribution in [0.3, 0.4) is 0 Å². The second-order valence-corrected chi connectivity index (χ2v) is 5.59. The number of ketones is 1. The highest BCUT2D eigenvalue weighted by molar-refractivity contribution is 5.95. The van der Waals surface area contributed by atoms with Crippen molar-refractivity contribution in [3.63, 3.8) is 0 Å². The average Bonchev–Trinajstić information content (AvgIpc) is 2.43. The van der Waals surface area contributed by atoms with Gasteiger partial charge in [-0.1, -0.05) is 36.8 Å². The highest BCUT2D eigenvalue weighted by atomic mass is 16.3. The van der Waals surface area contributed by atoms with Crippen LogP contribution in [-0.4, -0.2) is 41.5 Å². The Morgan fingerprint density at radius 1 is 1.15 bits per heavy atom. The Hall–Kier alpha value is -1.19. The van der Waals surface area contributed by atoms with Gasteiger partial charge in [0.25, 0.3) is 0 Å². The van der Waals surface area contributed by atoms with E-state index >= 15 is 0 Å². The van der Waals surface area contributed by atoms with Gasteiger partial charge >= 0.3 is 0 Å². The van der Waals surface area contributed by atoms with Gasteiger partial charge in [0.05, 0.1) is 0 Å². The van der Waals surface area contributed by atoms with Gasteiger partial charge < -0.3 is 10.0 Å². The molecule has 0 amide bonds. The van der Waals surface area contributed by atoms with Gasteiger partial charge in [0.15, 0.2) is 5.78 Å². The van der Waals surface area contributed by atoms with Crippen molar-refractivity contribution in [1.82, 2.24) is 4.90 Å². The Morgan fingerprint density at radius 3 is 2.45 bits per heavy atom. The van der Waals surface area contributed by atoms with Crippen LogP contribution in [0.4, 0.5) is 0 Å². The van der Waals surface area contributed by atoms with Crippen LogP contribution in [0.5, 0.6) is 0 Å². The fourth-order valence-corrected chi connectivity index (χ4v) is 2.71. The van der Waals surface area contributed by atoms with Crippen LogP contribution in [-0.2, 0) is 0 Å². The van der Waals surface area contributed by atoms with Crippen LogP contribution in [0.15, 0.2) is 30.3 Å². The van der Waals surface area contributed by atoms with Gasteiger partial charge in [-0.3, -0.25) is 4.79 Å². The first-order chi connectivity index (χ1) is 9.81. The molecule has 0 saturated heterocycles. The molecular weight excluding hydrogens is 250 g/mol. The number of Topliss-reactive ketones (excluding diaryl/α,β-unsaturated/α-hetero) is 1. The number of hydrogen-bond acceptors (Lipinski definition) is 3. The highest BCUT2D eigenvalue weighted by Gasteiger charge is 2.24. The number of nitrogens with zero attached hydrogens (tertiary/aromatic N) is 1. The average molecular weight is 275 g/mol. The molecule has 0 heterocycles. The summed E-state index contributed by atoms with van der Waals surface area (Å²) in [5.41, 5.74) is 0.818. The van der Waals surface area contributed by atoms with E-state index in [4.69, 9.17) is 5.11 Å². The number of carbonyl (C=O) groups is 1. The van der Waals surface area contributed by atoms with E-state index in [1.807, 2.05) is 30.3 Å². The van der Waals surface area contributed by atoms with E-state index in [9.17, 15) is 4.79 Å². The highest BCUT2D eigenvalue weighted by Crippen LogP contribution is 2.25. The van der Waals surface area contributed by atoms with Crippen LogP contribution in [0.2, 0.25) is 0 Å². The van der Waals surface area contributed by atoms with Crippen LogP contribution >= 0.6 is 0 Å². The third kappa shape index (κ3) is 4.43. The Morgan fingerprint density at radius 2 is 1.85 bits per heavy atom. The van der Waals surface area contributed by atoms with Crippen molar-refractivity contribution in [1.29, 1.82) is 0 Å². The normalized spacial score (nSPS) is 15.3. The van der Waals surface area contributed by atoms with E-state index in [-0.39, 0.29) is 12.4 Å². The lowest BCUT2D eigenvalue weighted by atomic mass is 9.91. The molecule has 0 aliphatic heterocycles. The molecule has 0 spiro atoms. The number of aliphatic hydroxyl groups excluding tert-OH is 1. The van der Waals surface area contributed by atoms with Crippen molar-refractivity contribution in [3.05, 3.63) is 35.9 Å². The van der Waals surface area contributed by atoms with Crippen molar-refractivity contribution in [2.45, 2.75) is 44.6 Å². The van der Waals surface area contributed by atoms with Gasteiger partial charge in [0.1, 0.15) is 0 Å². The van der Waals surface area contributed by atoms with Gasteiger partial charge in [0.2, 0.25) is 0 Å². The van der Waals surface area contributed by atoms with Crippen molar-refractivity contribution < 1.29 is 9.90 Å².